The Labute approximate surface area is 56.2 Å². The molecular formula is C6H14ClN. The summed E-state index contributed by atoms with van der Waals surface area (Å²) in [5, 5.41) is 0. The Morgan fingerprint density at radius 2 is 2.12 bits per heavy atom. The molecule has 8 heavy (non-hydrogen) atoms. The number of halogens is 1. The van der Waals surface area contributed by atoms with Crippen LogP contribution in [0.1, 0.15) is 20.3 Å². The second-order valence-corrected chi connectivity index (χ2v) is 2.51. The van der Waals surface area contributed by atoms with Crippen molar-refractivity contribution in [3.8, 4) is 0 Å². The van der Waals surface area contributed by atoms with Crippen LogP contribution >= 0.6 is 11.6 Å². The van der Waals surface area contributed by atoms with Gasteiger partial charge >= 0.3 is 0 Å². The lowest BCUT2D eigenvalue weighted by Crippen LogP contribution is -2.29. The second-order valence-electron chi connectivity index (χ2n) is 2.20. The predicted octanol–water partition coefficient (Wildman–Crippen LogP) is 1.60. The van der Waals surface area contributed by atoms with Gasteiger partial charge in [0.1, 0.15) is 0 Å². The lowest BCUT2D eigenvalue weighted by atomic mass is 10.0. The predicted molar refractivity (Wildman–Crippen MR) is 38.2 cm³/mol. The molecule has 2 N–H and O–H groups in total. The van der Waals surface area contributed by atoms with Crippen molar-refractivity contribution in [2.75, 3.05) is 5.88 Å². The molecule has 0 unspecified atom stereocenters. The fourth-order valence-corrected chi connectivity index (χ4v) is 0.759. The summed E-state index contributed by atoms with van der Waals surface area (Å²) in [6.07, 6.45) is 1.12. The van der Waals surface area contributed by atoms with Crippen LogP contribution in [0, 0.1) is 5.92 Å². The zero-order chi connectivity index (χ0) is 6.57. The fraction of sp³-hybridized carbons (Fsp3) is 1.00. The van der Waals surface area contributed by atoms with Gasteiger partial charge in [0.15, 0.2) is 0 Å². The minimum atomic E-state index is 0.182. The average molecular weight is 136 g/mol. The van der Waals surface area contributed by atoms with Gasteiger partial charge in [0.25, 0.3) is 0 Å². The van der Waals surface area contributed by atoms with Crippen molar-refractivity contribution in [1.29, 1.82) is 0 Å². The third-order valence-electron chi connectivity index (χ3n) is 1.55. The van der Waals surface area contributed by atoms with Crippen LogP contribution in [0.15, 0.2) is 0 Å². The summed E-state index contributed by atoms with van der Waals surface area (Å²) in [5.74, 6) is 1.14. The molecule has 0 aromatic carbocycles. The van der Waals surface area contributed by atoms with Gasteiger partial charge in [-0.15, -0.1) is 11.6 Å². The van der Waals surface area contributed by atoms with E-state index in [1.165, 1.54) is 0 Å². The summed E-state index contributed by atoms with van der Waals surface area (Å²) >= 11 is 5.50. The Bertz CT molecular complexity index is 48.5. The van der Waals surface area contributed by atoms with Crippen LogP contribution in [0.2, 0.25) is 0 Å². The maximum absolute atomic E-state index is 5.60. The van der Waals surface area contributed by atoms with E-state index < -0.39 is 0 Å². The van der Waals surface area contributed by atoms with Gasteiger partial charge in [0.2, 0.25) is 0 Å². The minimum absolute atomic E-state index is 0.182. The van der Waals surface area contributed by atoms with Crippen LogP contribution in [0.3, 0.4) is 0 Å². The molecule has 0 radical (unpaired) electrons. The summed E-state index contributed by atoms with van der Waals surface area (Å²) in [5.41, 5.74) is 5.60. The first kappa shape index (κ1) is 8.25. The maximum atomic E-state index is 5.60. The Kier molecular flexibility index (Phi) is 4.29. The van der Waals surface area contributed by atoms with E-state index in [0.717, 1.165) is 6.42 Å². The lowest BCUT2D eigenvalue weighted by Gasteiger charge is -2.13. The van der Waals surface area contributed by atoms with Gasteiger partial charge in [-0.1, -0.05) is 20.3 Å². The van der Waals surface area contributed by atoms with Crippen LogP contribution in [0.4, 0.5) is 0 Å². The van der Waals surface area contributed by atoms with Crippen molar-refractivity contribution in [2.45, 2.75) is 26.3 Å². The first-order valence-corrected chi connectivity index (χ1v) is 3.57. The number of hydrogen-bond donors (Lipinski definition) is 1. The summed E-state index contributed by atoms with van der Waals surface area (Å²) in [4.78, 5) is 0. The number of alkyl halides is 1. The monoisotopic (exact) mass is 135 g/mol. The van der Waals surface area contributed by atoms with Crippen LogP contribution in [-0.4, -0.2) is 11.9 Å². The van der Waals surface area contributed by atoms with Crippen LogP contribution in [-0.2, 0) is 0 Å². The minimum Gasteiger partial charge on any atom is -0.326 e. The molecular weight excluding hydrogens is 122 g/mol. The molecule has 0 amide bonds. The summed E-state index contributed by atoms with van der Waals surface area (Å²) in [7, 11) is 0. The molecule has 0 bridgehead atoms. The molecule has 0 rings (SSSR count). The highest BCUT2D eigenvalue weighted by molar-refractivity contribution is 6.18. The Morgan fingerprint density at radius 1 is 1.62 bits per heavy atom. The van der Waals surface area contributed by atoms with Gasteiger partial charge in [-0.3, -0.25) is 0 Å². The molecule has 2 atom stereocenters. The van der Waals surface area contributed by atoms with Crippen molar-refractivity contribution in [3.05, 3.63) is 0 Å². The van der Waals surface area contributed by atoms with Gasteiger partial charge in [-0.05, 0) is 5.92 Å². The largest absolute Gasteiger partial charge is 0.326 e. The van der Waals surface area contributed by atoms with E-state index in [9.17, 15) is 0 Å². The molecule has 0 heterocycles. The third kappa shape index (κ3) is 2.53. The maximum Gasteiger partial charge on any atom is 0.0377 e. The van der Waals surface area contributed by atoms with E-state index in [1.54, 1.807) is 0 Å². The van der Waals surface area contributed by atoms with Crippen molar-refractivity contribution < 1.29 is 0 Å². The summed E-state index contributed by atoms with van der Waals surface area (Å²) in [6.45, 7) is 4.24. The Balaban J connectivity index is 3.29. The normalized spacial score (nSPS) is 18.0. The van der Waals surface area contributed by atoms with E-state index in [4.69, 9.17) is 17.3 Å². The smallest absolute Gasteiger partial charge is 0.0377 e. The van der Waals surface area contributed by atoms with Crippen LogP contribution in [0.25, 0.3) is 0 Å². The van der Waals surface area contributed by atoms with Crippen molar-refractivity contribution >= 4 is 11.6 Å². The number of rotatable bonds is 3. The standard InChI is InChI=1S/C6H14ClN/c1-3-5(2)6(8)4-7/h5-6H,3-4,8H2,1-2H3/t5-,6-/m1/s1. The quantitative estimate of drug-likeness (QED) is 0.585. The molecule has 0 aromatic heterocycles. The van der Waals surface area contributed by atoms with E-state index in [0.29, 0.717) is 11.8 Å². The summed E-state index contributed by atoms with van der Waals surface area (Å²) < 4.78 is 0. The van der Waals surface area contributed by atoms with E-state index >= 15 is 0 Å². The van der Waals surface area contributed by atoms with Gasteiger partial charge in [-0.2, -0.15) is 0 Å². The molecule has 2 heteroatoms. The van der Waals surface area contributed by atoms with Crippen LogP contribution < -0.4 is 5.73 Å². The molecule has 0 spiro atoms. The highest BCUT2D eigenvalue weighted by atomic mass is 35.5. The molecule has 0 saturated heterocycles. The first-order valence-electron chi connectivity index (χ1n) is 3.03. The molecule has 0 aliphatic heterocycles. The third-order valence-corrected chi connectivity index (χ3v) is 1.91. The molecule has 0 fully saturated rings. The van der Waals surface area contributed by atoms with Crippen molar-refractivity contribution in [1.82, 2.24) is 0 Å². The van der Waals surface area contributed by atoms with Gasteiger partial charge in [0.05, 0.1) is 0 Å². The molecule has 0 aliphatic carbocycles. The zero-order valence-corrected chi connectivity index (χ0v) is 6.28. The summed E-state index contributed by atoms with van der Waals surface area (Å²) in [6, 6.07) is 0.182. The van der Waals surface area contributed by atoms with Crippen molar-refractivity contribution in [2.24, 2.45) is 11.7 Å². The molecule has 0 aromatic rings. The van der Waals surface area contributed by atoms with Gasteiger partial charge < -0.3 is 5.73 Å². The highest BCUT2D eigenvalue weighted by Gasteiger charge is 2.07. The van der Waals surface area contributed by atoms with Crippen LogP contribution in [0.5, 0.6) is 0 Å². The highest BCUT2D eigenvalue weighted by Crippen LogP contribution is 2.05. The second kappa shape index (κ2) is 4.16. The topological polar surface area (TPSA) is 26.0 Å². The SMILES string of the molecule is CC[C@@H](C)[C@H](N)CCl. The fourth-order valence-electron chi connectivity index (χ4n) is 0.455. The molecule has 50 valence electrons. The molecule has 1 nitrogen and oxygen atoms in total. The van der Waals surface area contributed by atoms with E-state index in [1.807, 2.05) is 0 Å². The van der Waals surface area contributed by atoms with E-state index in [-0.39, 0.29) is 6.04 Å². The zero-order valence-electron chi connectivity index (χ0n) is 5.52. The lowest BCUT2D eigenvalue weighted by molar-refractivity contribution is 0.473. The Morgan fingerprint density at radius 3 is 2.25 bits per heavy atom. The first-order chi connectivity index (χ1) is 3.72. The number of hydrogen-bond acceptors (Lipinski definition) is 1. The number of nitrogens with two attached hydrogens (primary N) is 1. The molecule has 0 saturated carbocycles. The Hall–Kier alpha value is 0.250. The van der Waals surface area contributed by atoms with Crippen molar-refractivity contribution in [3.63, 3.8) is 0 Å². The van der Waals surface area contributed by atoms with Gasteiger partial charge in [-0.25, -0.2) is 0 Å². The average Bonchev–Trinajstić information content (AvgIpc) is 1.84. The van der Waals surface area contributed by atoms with E-state index in [2.05, 4.69) is 13.8 Å². The van der Waals surface area contributed by atoms with Gasteiger partial charge in [0, 0.05) is 11.9 Å². The molecule has 0 aliphatic rings.